The van der Waals surface area contributed by atoms with Crippen LogP contribution in [0, 0.1) is 5.41 Å². The SMILES string of the molecule is N=C=NNC(=O)O. The van der Waals surface area contributed by atoms with Crippen LogP contribution in [0.1, 0.15) is 0 Å². The summed E-state index contributed by atoms with van der Waals surface area (Å²) >= 11 is 0. The highest BCUT2D eigenvalue weighted by Crippen LogP contribution is 1.54. The zero-order valence-corrected chi connectivity index (χ0v) is 3.30. The van der Waals surface area contributed by atoms with Crippen LogP contribution >= 0.6 is 0 Å². The van der Waals surface area contributed by atoms with Gasteiger partial charge in [-0.25, -0.2) is 15.6 Å². The average Bonchev–Trinajstić information content (AvgIpc) is 1.61. The highest BCUT2D eigenvalue weighted by Gasteiger charge is 1.83. The van der Waals surface area contributed by atoms with Gasteiger partial charge in [-0.05, 0) is 0 Å². The second kappa shape index (κ2) is 2.87. The van der Waals surface area contributed by atoms with E-state index in [-0.39, 0.29) is 0 Å². The Balaban J connectivity index is 3.32. The molecule has 0 aromatic heterocycles. The van der Waals surface area contributed by atoms with Crippen LogP contribution < -0.4 is 5.43 Å². The predicted octanol–water partition coefficient (Wildman–Crippen LogP) is -0.0783. The quantitative estimate of drug-likeness (QED) is 0.318. The lowest BCUT2D eigenvalue weighted by molar-refractivity contribution is 0.195. The van der Waals surface area contributed by atoms with E-state index in [1.54, 1.807) is 0 Å². The number of nitrogens with zero attached hydrogens (tertiary/aromatic N) is 1. The summed E-state index contributed by atoms with van der Waals surface area (Å²) in [6.45, 7) is 0. The minimum atomic E-state index is -1.29. The Hall–Kier alpha value is -1.35. The van der Waals surface area contributed by atoms with Gasteiger partial charge in [-0.3, -0.25) is 0 Å². The summed E-state index contributed by atoms with van der Waals surface area (Å²) in [5.74, 6) is 0. The van der Waals surface area contributed by atoms with Gasteiger partial charge in [0.25, 0.3) is 0 Å². The molecule has 0 aliphatic carbocycles. The summed E-state index contributed by atoms with van der Waals surface area (Å²) < 4.78 is 0. The van der Waals surface area contributed by atoms with Gasteiger partial charge >= 0.3 is 6.09 Å². The first-order valence-corrected chi connectivity index (χ1v) is 1.37. The second-order valence-electron chi connectivity index (χ2n) is 0.641. The number of rotatable bonds is 1. The largest absolute Gasteiger partial charge is 0.464 e. The number of hydrogen-bond acceptors (Lipinski definition) is 3. The van der Waals surface area contributed by atoms with Crippen LogP contribution in [0.5, 0.6) is 0 Å². The Morgan fingerprint density at radius 1 is 2.00 bits per heavy atom. The number of nitrogens with one attached hydrogen (secondary N) is 2. The van der Waals surface area contributed by atoms with Crippen molar-refractivity contribution in [3.8, 4) is 0 Å². The fourth-order valence-corrected chi connectivity index (χ4v) is 0.0758. The Bertz CT molecular complexity index is 114. The maximum atomic E-state index is 9.43. The van der Waals surface area contributed by atoms with Gasteiger partial charge < -0.3 is 5.11 Å². The van der Waals surface area contributed by atoms with Crippen molar-refractivity contribution in [3.63, 3.8) is 0 Å². The fourth-order valence-electron chi connectivity index (χ4n) is 0.0758. The highest BCUT2D eigenvalue weighted by molar-refractivity contribution is 5.64. The van der Waals surface area contributed by atoms with E-state index in [1.807, 2.05) is 0 Å². The standard InChI is InChI=1S/C2H3N3O2/c3-1-4-5-2(6)7/h3,5H,(H,6,7). The molecule has 0 rings (SSSR count). The molecule has 0 spiro atoms. The van der Waals surface area contributed by atoms with E-state index in [0.29, 0.717) is 0 Å². The van der Waals surface area contributed by atoms with Gasteiger partial charge in [0.05, 0.1) is 0 Å². The van der Waals surface area contributed by atoms with Crippen molar-refractivity contribution < 1.29 is 9.90 Å². The van der Waals surface area contributed by atoms with E-state index in [0.717, 1.165) is 0 Å². The number of carbonyl (C=O) groups is 1. The summed E-state index contributed by atoms with van der Waals surface area (Å²) in [6, 6.07) is 1.48. The lowest BCUT2D eigenvalue weighted by atomic mass is 11.2. The van der Waals surface area contributed by atoms with Crippen LogP contribution in [-0.4, -0.2) is 17.2 Å². The van der Waals surface area contributed by atoms with E-state index in [1.165, 1.54) is 11.4 Å². The monoisotopic (exact) mass is 101 g/mol. The summed E-state index contributed by atoms with van der Waals surface area (Å²) in [5.41, 5.74) is 1.54. The Labute approximate surface area is 39.2 Å². The van der Waals surface area contributed by atoms with E-state index < -0.39 is 6.09 Å². The average molecular weight is 101 g/mol. The van der Waals surface area contributed by atoms with Gasteiger partial charge in [0, 0.05) is 0 Å². The van der Waals surface area contributed by atoms with Crippen molar-refractivity contribution in [3.05, 3.63) is 0 Å². The molecule has 0 radical (unpaired) electrons. The molecule has 0 bridgehead atoms. The molecular weight excluding hydrogens is 98.0 g/mol. The molecule has 0 fully saturated rings. The van der Waals surface area contributed by atoms with Crippen molar-refractivity contribution in [1.29, 1.82) is 5.41 Å². The number of carboxylic acid groups (broad SMARTS) is 1. The molecule has 38 valence electrons. The first-order chi connectivity index (χ1) is 3.27. The zero-order chi connectivity index (χ0) is 5.70. The van der Waals surface area contributed by atoms with Crippen LogP contribution in [0.2, 0.25) is 0 Å². The van der Waals surface area contributed by atoms with Gasteiger partial charge in [-0.1, -0.05) is 0 Å². The van der Waals surface area contributed by atoms with Crippen molar-refractivity contribution in [2.75, 3.05) is 0 Å². The van der Waals surface area contributed by atoms with Crippen LogP contribution in [0.25, 0.3) is 0 Å². The van der Waals surface area contributed by atoms with Crippen molar-refractivity contribution in [2.45, 2.75) is 0 Å². The minimum absolute atomic E-state index is 1.29. The molecule has 0 saturated carbocycles. The molecule has 1 amide bonds. The predicted molar refractivity (Wildman–Crippen MR) is 21.3 cm³/mol. The van der Waals surface area contributed by atoms with Crippen LogP contribution in [-0.2, 0) is 0 Å². The molecular formula is C2H3N3O2. The van der Waals surface area contributed by atoms with Crippen molar-refractivity contribution in [2.24, 2.45) is 5.10 Å². The molecule has 0 aromatic rings. The third kappa shape index (κ3) is 4.65. The van der Waals surface area contributed by atoms with Crippen LogP contribution in [0.4, 0.5) is 4.79 Å². The van der Waals surface area contributed by atoms with E-state index in [4.69, 9.17) is 10.5 Å². The fraction of sp³-hybridized carbons (Fsp3) is 0. The molecule has 3 N–H and O–H groups in total. The zero-order valence-electron chi connectivity index (χ0n) is 3.30. The Morgan fingerprint density at radius 3 is 2.71 bits per heavy atom. The van der Waals surface area contributed by atoms with Crippen molar-refractivity contribution in [1.82, 2.24) is 5.43 Å². The number of hydrogen-bond donors (Lipinski definition) is 3. The summed E-state index contributed by atoms with van der Waals surface area (Å²) in [5, 5.41) is 16.5. The smallest absolute Gasteiger partial charge is 0.425 e. The second-order valence-corrected chi connectivity index (χ2v) is 0.641. The molecule has 0 aliphatic heterocycles. The Morgan fingerprint density at radius 2 is 2.57 bits per heavy atom. The van der Waals surface area contributed by atoms with Gasteiger partial charge in [-0.15, -0.1) is 5.10 Å². The molecule has 0 aromatic carbocycles. The third-order valence-electron chi connectivity index (χ3n) is 0.207. The maximum absolute atomic E-state index is 9.43. The van der Waals surface area contributed by atoms with Crippen LogP contribution in [0.3, 0.4) is 0 Å². The third-order valence-corrected chi connectivity index (χ3v) is 0.207. The molecule has 7 heavy (non-hydrogen) atoms. The lowest BCUT2D eigenvalue weighted by Gasteiger charge is -1.80. The molecule has 0 atom stereocenters. The first kappa shape index (κ1) is 5.65. The lowest BCUT2D eigenvalue weighted by Crippen LogP contribution is -2.12. The Kier molecular flexibility index (Phi) is 2.31. The molecule has 0 heterocycles. The molecule has 5 nitrogen and oxygen atoms in total. The molecule has 0 unspecified atom stereocenters. The summed E-state index contributed by atoms with van der Waals surface area (Å²) in [4.78, 5) is 9.43. The molecule has 0 aliphatic rings. The van der Waals surface area contributed by atoms with Gasteiger partial charge in [0.15, 0.2) is 0 Å². The summed E-state index contributed by atoms with van der Waals surface area (Å²) in [6.07, 6.45) is -1.29. The topological polar surface area (TPSA) is 85.5 Å². The molecule has 5 heteroatoms. The maximum Gasteiger partial charge on any atom is 0.425 e. The normalized spacial score (nSPS) is 6.29. The highest BCUT2D eigenvalue weighted by atomic mass is 16.4. The molecule has 0 saturated heterocycles. The summed E-state index contributed by atoms with van der Waals surface area (Å²) in [7, 11) is 0. The van der Waals surface area contributed by atoms with Crippen LogP contribution in [0.15, 0.2) is 5.10 Å². The number of hydrazone groups is 1. The minimum Gasteiger partial charge on any atom is -0.464 e. The van der Waals surface area contributed by atoms with E-state index >= 15 is 0 Å². The van der Waals surface area contributed by atoms with E-state index in [9.17, 15) is 4.79 Å². The van der Waals surface area contributed by atoms with Gasteiger partial charge in [0.1, 0.15) is 6.01 Å². The van der Waals surface area contributed by atoms with Gasteiger partial charge in [-0.2, -0.15) is 0 Å². The number of amides is 1. The van der Waals surface area contributed by atoms with Gasteiger partial charge in [0.2, 0.25) is 0 Å². The first-order valence-electron chi connectivity index (χ1n) is 1.37. The van der Waals surface area contributed by atoms with E-state index in [2.05, 4.69) is 5.10 Å². The van der Waals surface area contributed by atoms with Crippen molar-refractivity contribution >= 4 is 12.1 Å².